The lowest BCUT2D eigenvalue weighted by Crippen LogP contribution is -2.31. The van der Waals surface area contributed by atoms with Crippen molar-refractivity contribution in [2.24, 2.45) is 0 Å². The van der Waals surface area contributed by atoms with Crippen LogP contribution in [-0.2, 0) is 4.79 Å². The molecule has 0 spiro atoms. The van der Waals surface area contributed by atoms with Gasteiger partial charge >= 0.3 is 0 Å². The number of aromatic nitrogens is 2. The van der Waals surface area contributed by atoms with E-state index in [1.807, 2.05) is 57.2 Å². The highest BCUT2D eigenvalue weighted by Gasteiger charge is 2.21. The lowest BCUT2D eigenvalue weighted by Gasteiger charge is -2.19. The average molecular weight is 382 g/mol. The van der Waals surface area contributed by atoms with Crippen LogP contribution in [0.4, 0.5) is 0 Å². The summed E-state index contributed by atoms with van der Waals surface area (Å²) in [5.41, 5.74) is 3.41. The number of aryl methyl sites for hydroxylation is 2. The number of benzene rings is 2. The molecule has 1 unspecified atom stereocenters. The number of rotatable bonds is 4. The summed E-state index contributed by atoms with van der Waals surface area (Å²) in [5, 5.41) is 0.729. The van der Waals surface area contributed by atoms with Crippen LogP contribution in [0.15, 0.2) is 52.4 Å². The van der Waals surface area contributed by atoms with Crippen molar-refractivity contribution < 1.29 is 4.79 Å². The Morgan fingerprint density at radius 2 is 1.85 bits per heavy atom. The zero-order chi connectivity index (χ0) is 19.7. The maximum Gasteiger partial charge on any atom is 0.266 e. The molecule has 140 valence electrons. The molecule has 1 heterocycles. The summed E-state index contributed by atoms with van der Waals surface area (Å²) in [6.45, 7) is 5.83. The topological polar surface area (TPSA) is 55.2 Å². The minimum Gasteiger partial charge on any atom is -0.348 e. The molecule has 2 aromatic carbocycles. The van der Waals surface area contributed by atoms with Gasteiger partial charge in [0, 0.05) is 14.1 Å². The number of carbonyl (C=O) groups excluding carboxylic acids is 1. The fraction of sp³-hybridized carbons (Fsp3) is 0.286. The molecular weight excluding hydrogens is 358 g/mol. The van der Waals surface area contributed by atoms with Gasteiger partial charge < -0.3 is 4.90 Å². The number of para-hydroxylation sites is 1. The van der Waals surface area contributed by atoms with Crippen LogP contribution in [0.3, 0.4) is 0 Å². The smallest absolute Gasteiger partial charge is 0.266 e. The fourth-order valence-electron chi connectivity index (χ4n) is 3.03. The highest BCUT2D eigenvalue weighted by molar-refractivity contribution is 8.00. The Bertz CT molecular complexity index is 1070. The van der Waals surface area contributed by atoms with Gasteiger partial charge in [0.1, 0.15) is 0 Å². The highest BCUT2D eigenvalue weighted by atomic mass is 32.2. The first kappa shape index (κ1) is 19.2. The van der Waals surface area contributed by atoms with Crippen molar-refractivity contribution in [1.82, 2.24) is 14.5 Å². The van der Waals surface area contributed by atoms with Crippen LogP contribution in [0, 0.1) is 13.8 Å². The van der Waals surface area contributed by atoms with Crippen LogP contribution in [0.5, 0.6) is 0 Å². The van der Waals surface area contributed by atoms with Gasteiger partial charge in [-0.3, -0.25) is 14.2 Å². The zero-order valence-corrected chi connectivity index (χ0v) is 17.0. The summed E-state index contributed by atoms with van der Waals surface area (Å²) in [4.78, 5) is 31.9. The van der Waals surface area contributed by atoms with E-state index in [1.165, 1.54) is 11.8 Å². The lowest BCUT2D eigenvalue weighted by atomic mass is 10.1. The summed E-state index contributed by atoms with van der Waals surface area (Å²) in [5.74, 6) is -0.0189. The van der Waals surface area contributed by atoms with E-state index < -0.39 is 0 Å². The van der Waals surface area contributed by atoms with Crippen molar-refractivity contribution >= 4 is 28.6 Å². The molecule has 0 bridgehead atoms. The lowest BCUT2D eigenvalue weighted by molar-refractivity contribution is -0.127. The van der Waals surface area contributed by atoms with Crippen molar-refractivity contribution in [1.29, 1.82) is 0 Å². The second-order valence-corrected chi connectivity index (χ2v) is 8.14. The van der Waals surface area contributed by atoms with Gasteiger partial charge in [0.2, 0.25) is 5.91 Å². The molecule has 0 aliphatic rings. The largest absolute Gasteiger partial charge is 0.348 e. The second-order valence-electron chi connectivity index (χ2n) is 6.83. The normalized spacial score (nSPS) is 12.2. The van der Waals surface area contributed by atoms with E-state index in [0.29, 0.717) is 16.1 Å². The molecule has 0 fully saturated rings. The molecule has 6 heteroatoms. The van der Waals surface area contributed by atoms with E-state index in [9.17, 15) is 9.59 Å². The minimum atomic E-state index is -0.356. The molecule has 0 saturated heterocycles. The van der Waals surface area contributed by atoms with Crippen LogP contribution in [0.1, 0.15) is 18.1 Å². The van der Waals surface area contributed by atoms with Gasteiger partial charge in [-0.1, -0.05) is 41.6 Å². The Balaban J connectivity index is 2.24. The molecular formula is C21H23N3O2S. The van der Waals surface area contributed by atoms with Crippen molar-refractivity contribution in [2.75, 3.05) is 14.1 Å². The van der Waals surface area contributed by atoms with Crippen molar-refractivity contribution in [3.8, 4) is 5.69 Å². The molecule has 5 nitrogen and oxygen atoms in total. The second kappa shape index (κ2) is 7.56. The Labute approximate surface area is 163 Å². The monoisotopic (exact) mass is 381 g/mol. The van der Waals surface area contributed by atoms with Crippen molar-refractivity contribution in [3.05, 3.63) is 63.9 Å². The summed E-state index contributed by atoms with van der Waals surface area (Å²) in [6, 6.07) is 13.3. The number of nitrogens with zero attached hydrogens (tertiary/aromatic N) is 3. The molecule has 0 N–H and O–H groups in total. The summed E-state index contributed by atoms with van der Waals surface area (Å²) in [7, 11) is 3.45. The molecule has 3 aromatic rings. The molecule has 3 rings (SSSR count). The average Bonchev–Trinajstić information content (AvgIpc) is 2.62. The van der Waals surface area contributed by atoms with Crippen LogP contribution in [0.25, 0.3) is 16.6 Å². The van der Waals surface area contributed by atoms with E-state index in [1.54, 1.807) is 29.6 Å². The number of amides is 1. The Kier molecular flexibility index (Phi) is 5.37. The minimum absolute atomic E-state index is 0.0189. The fourth-order valence-corrected chi connectivity index (χ4v) is 4.10. The van der Waals surface area contributed by atoms with E-state index in [2.05, 4.69) is 0 Å². The van der Waals surface area contributed by atoms with Gasteiger partial charge in [-0.05, 0) is 44.5 Å². The quantitative estimate of drug-likeness (QED) is 0.512. The third kappa shape index (κ3) is 3.76. The van der Waals surface area contributed by atoms with Gasteiger partial charge in [0.15, 0.2) is 5.16 Å². The van der Waals surface area contributed by atoms with Gasteiger partial charge in [0.25, 0.3) is 5.56 Å². The van der Waals surface area contributed by atoms with Crippen molar-refractivity contribution in [2.45, 2.75) is 31.2 Å². The molecule has 1 aromatic heterocycles. The number of hydrogen-bond acceptors (Lipinski definition) is 4. The van der Waals surface area contributed by atoms with Gasteiger partial charge in [-0.25, -0.2) is 4.98 Å². The zero-order valence-electron chi connectivity index (χ0n) is 16.2. The highest BCUT2D eigenvalue weighted by Crippen LogP contribution is 2.27. The third-order valence-corrected chi connectivity index (χ3v) is 5.45. The molecule has 0 saturated carbocycles. The van der Waals surface area contributed by atoms with Gasteiger partial charge in [0.05, 0.1) is 21.8 Å². The number of thioether (sulfide) groups is 1. The SMILES string of the molecule is Cc1ccc(-n2c(SC(C)C(=O)N(C)C)nc3ccccc3c2=O)c(C)c1. The maximum atomic E-state index is 13.3. The van der Waals surface area contributed by atoms with Crippen LogP contribution >= 0.6 is 11.8 Å². The first-order valence-electron chi connectivity index (χ1n) is 8.77. The predicted octanol–water partition coefficient (Wildman–Crippen LogP) is 3.57. The maximum absolute atomic E-state index is 13.3. The first-order chi connectivity index (χ1) is 12.8. The standard InChI is InChI=1S/C21H23N3O2S/c1-13-10-11-18(14(2)12-13)24-20(26)16-8-6-7-9-17(16)22-21(24)27-15(3)19(25)23(4)5/h6-12,15H,1-5H3. The summed E-state index contributed by atoms with van der Waals surface area (Å²) in [6.07, 6.45) is 0. The number of hydrogen-bond donors (Lipinski definition) is 0. The number of fused-ring (bicyclic) bond motifs is 1. The molecule has 27 heavy (non-hydrogen) atoms. The third-order valence-electron chi connectivity index (χ3n) is 4.41. The van der Waals surface area contributed by atoms with Gasteiger partial charge in [-0.2, -0.15) is 0 Å². The van der Waals surface area contributed by atoms with Gasteiger partial charge in [-0.15, -0.1) is 0 Å². The first-order valence-corrected chi connectivity index (χ1v) is 9.65. The Hall–Kier alpha value is -2.60. The molecule has 1 amide bonds. The van der Waals surface area contributed by atoms with Crippen molar-refractivity contribution in [3.63, 3.8) is 0 Å². The Morgan fingerprint density at radius 1 is 1.15 bits per heavy atom. The molecule has 0 aliphatic carbocycles. The van der Waals surface area contributed by atoms with Crippen LogP contribution < -0.4 is 5.56 Å². The van der Waals surface area contributed by atoms with Crippen LogP contribution in [0.2, 0.25) is 0 Å². The van der Waals surface area contributed by atoms with E-state index in [-0.39, 0.29) is 16.7 Å². The number of carbonyl (C=O) groups is 1. The Morgan fingerprint density at radius 3 is 2.52 bits per heavy atom. The van der Waals surface area contributed by atoms with E-state index >= 15 is 0 Å². The molecule has 0 radical (unpaired) electrons. The summed E-state index contributed by atoms with van der Waals surface area (Å²) < 4.78 is 1.63. The predicted molar refractivity (Wildman–Crippen MR) is 111 cm³/mol. The molecule has 0 aliphatic heterocycles. The summed E-state index contributed by atoms with van der Waals surface area (Å²) >= 11 is 1.30. The molecule has 1 atom stereocenters. The van der Waals surface area contributed by atoms with E-state index in [0.717, 1.165) is 16.8 Å². The van der Waals surface area contributed by atoms with Crippen LogP contribution in [-0.4, -0.2) is 39.7 Å². The van der Waals surface area contributed by atoms with E-state index in [4.69, 9.17) is 4.98 Å².